The summed E-state index contributed by atoms with van der Waals surface area (Å²) in [7, 11) is 0. The Morgan fingerprint density at radius 3 is 2.30 bits per heavy atom. The van der Waals surface area contributed by atoms with E-state index in [1.807, 2.05) is 44.2 Å². The van der Waals surface area contributed by atoms with E-state index in [-0.39, 0.29) is 11.6 Å². The van der Waals surface area contributed by atoms with Gasteiger partial charge in [0.05, 0.1) is 10.9 Å². The number of anilines is 2. The number of aryl methyl sites for hydroxylation is 2. The third kappa shape index (κ3) is 8.56. The predicted octanol–water partition coefficient (Wildman–Crippen LogP) is 8.09. The van der Waals surface area contributed by atoms with Gasteiger partial charge >= 0.3 is 0 Å². The number of nitrogens with zero attached hydrogens (tertiary/aromatic N) is 1. The molecule has 0 radical (unpaired) electrons. The Balaban J connectivity index is 1.26. The van der Waals surface area contributed by atoms with Crippen LogP contribution in [-0.4, -0.2) is 28.0 Å². The molecule has 46 heavy (non-hydrogen) atoms. The van der Waals surface area contributed by atoms with Crippen LogP contribution in [0.1, 0.15) is 33.3 Å². The number of hydrogen-bond donors (Lipinski definition) is 3. The second-order valence-corrected chi connectivity index (χ2v) is 13.1. The molecule has 0 aliphatic rings. The summed E-state index contributed by atoms with van der Waals surface area (Å²) in [5, 5.41) is 8.50. The van der Waals surface area contributed by atoms with Crippen molar-refractivity contribution < 1.29 is 18.8 Å². The maximum Gasteiger partial charge on any atom is 0.272 e. The minimum absolute atomic E-state index is 0.0185. The highest BCUT2D eigenvalue weighted by molar-refractivity contribution is 8.00. The van der Waals surface area contributed by atoms with E-state index in [0.29, 0.717) is 21.9 Å². The molecule has 5 aromatic rings. The van der Waals surface area contributed by atoms with Gasteiger partial charge in [0.1, 0.15) is 11.5 Å². The summed E-state index contributed by atoms with van der Waals surface area (Å²) < 4.78 is 13.5. The molecule has 1 atom stereocenters. The minimum Gasteiger partial charge on any atom is -0.321 e. The maximum absolute atomic E-state index is 13.5. The number of rotatable bonds is 10. The Hall–Kier alpha value is -5.06. The summed E-state index contributed by atoms with van der Waals surface area (Å²) in [4.78, 5) is 45.8. The third-order valence-electron chi connectivity index (χ3n) is 6.84. The average Bonchev–Trinajstić information content (AvgIpc) is 3.41. The van der Waals surface area contributed by atoms with E-state index < -0.39 is 22.9 Å². The zero-order valence-electron chi connectivity index (χ0n) is 25.3. The van der Waals surface area contributed by atoms with Gasteiger partial charge in [0.25, 0.3) is 11.8 Å². The van der Waals surface area contributed by atoms with Gasteiger partial charge in [-0.2, -0.15) is 0 Å². The summed E-state index contributed by atoms with van der Waals surface area (Å²) in [5.74, 6) is -1.64. The second kappa shape index (κ2) is 14.8. The molecule has 5 rings (SSSR count). The van der Waals surface area contributed by atoms with Crippen molar-refractivity contribution in [3.8, 4) is 11.3 Å². The molecular formula is C36H31FN4O3S2. The number of hydrogen-bond acceptors (Lipinski definition) is 6. The van der Waals surface area contributed by atoms with E-state index in [4.69, 9.17) is 0 Å². The van der Waals surface area contributed by atoms with E-state index in [9.17, 15) is 18.8 Å². The fourth-order valence-corrected chi connectivity index (χ4v) is 6.17. The summed E-state index contributed by atoms with van der Waals surface area (Å²) in [6.45, 7) is 5.81. The molecule has 0 saturated carbocycles. The molecule has 0 spiro atoms. The average molecular weight is 651 g/mol. The molecule has 7 nitrogen and oxygen atoms in total. The van der Waals surface area contributed by atoms with E-state index in [0.717, 1.165) is 26.6 Å². The number of nitrogens with one attached hydrogen (secondary N) is 3. The van der Waals surface area contributed by atoms with Crippen molar-refractivity contribution in [2.75, 3.05) is 10.6 Å². The molecule has 0 aliphatic heterocycles. The highest BCUT2D eigenvalue weighted by Gasteiger charge is 2.19. The fourth-order valence-electron chi connectivity index (χ4n) is 4.41. The molecule has 1 unspecified atom stereocenters. The maximum atomic E-state index is 13.5. The molecule has 3 amide bonds. The van der Waals surface area contributed by atoms with Crippen molar-refractivity contribution in [2.24, 2.45) is 0 Å². The second-order valence-electron chi connectivity index (χ2n) is 10.5. The van der Waals surface area contributed by atoms with Crippen molar-refractivity contribution in [1.82, 2.24) is 10.3 Å². The lowest BCUT2D eigenvalue weighted by Crippen LogP contribution is -2.30. The van der Waals surface area contributed by atoms with Gasteiger partial charge in [-0.05, 0) is 74.9 Å². The first-order valence-electron chi connectivity index (χ1n) is 14.4. The summed E-state index contributed by atoms with van der Waals surface area (Å²) in [5.41, 5.74) is 4.37. The number of halogens is 1. The van der Waals surface area contributed by atoms with Gasteiger partial charge in [-0.15, -0.1) is 23.1 Å². The van der Waals surface area contributed by atoms with Crippen LogP contribution in [-0.2, 0) is 9.59 Å². The molecule has 0 fully saturated rings. The minimum atomic E-state index is -0.565. The molecule has 0 aliphatic carbocycles. The van der Waals surface area contributed by atoms with Crippen LogP contribution in [0.5, 0.6) is 0 Å². The lowest BCUT2D eigenvalue weighted by atomic mass is 10.1. The predicted molar refractivity (Wildman–Crippen MR) is 184 cm³/mol. The lowest BCUT2D eigenvalue weighted by molar-refractivity contribution is -0.115. The van der Waals surface area contributed by atoms with Crippen LogP contribution in [0.25, 0.3) is 17.3 Å². The van der Waals surface area contributed by atoms with Gasteiger partial charge in [0.2, 0.25) is 5.91 Å². The Bertz CT molecular complexity index is 1890. The molecule has 10 heteroatoms. The molecule has 3 N–H and O–H groups in total. The smallest absolute Gasteiger partial charge is 0.272 e. The summed E-state index contributed by atoms with van der Waals surface area (Å²) in [6, 6.07) is 29.3. The van der Waals surface area contributed by atoms with E-state index in [1.54, 1.807) is 55.5 Å². The normalized spacial score (nSPS) is 11.9. The first kappa shape index (κ1) is 32.3. The zero-order chi connectivity index (χ0) is 32.6. The van der Waals surface area contributed by atoms with Gasteiger partial charge in [0, 0.05) is 26.6 Å². The zero-order valence-corrected chi connectivity index (χ0v) is 27.0. The number of thiazole rings is 1. The number of thioether (sulfide) groups is 1. The van der Waals surface area contributed by atoms with Gasteiger partial charge in [-0.25, -0.2) is 9.37 Å². The number of amides is 3. The SMILES string of the molecule is Cc1ccc(-c2nc(NC(=O)C(C)Sc3cccc(NC(=O)/C(=C/c4ccc(F)cc4)NC(=O)c4ccccc4)c3)sc2C)cc1. The van der Waals surface area contributed by atoms with E-state index >= 15 is 0 Å². The highest BCUT2D eigenvalue weighted by Crippen LogP contribution is 2.32. The van der Waals surface area contributed by atoms with Crippen LogP contribution in [0.4, 0.5) is 15.2 Å². The van der Waals surface area contributed by atoms with Crippen LogP contribution in [0.2, 0.25) is 0 Å². The number of carbonyl (C=O) groups is 3. The molecule has 0 saturated heterocycles. The van der Waals surface area contributed by atoms with Gasteiger partial charge < -0.3 is 16.0 Å². The van der Waals surface area contributed by atoms with Crippen molar-refractivity contribution in [3.05, 3.63) is 136 Å². The Labute approximate surface area is 275 Å². The first-order valence-corrected chi connectivity index (χ1v) is 16.1. The standard InChI is InChI=1S/C36H31FN4O3S2/c1-22-12-16-26(17-13-22)32-23(2)46-36(40-32)41-33(42)24(3)45-30-11-7-10-29(21-30)38-35(44)31(20-25-14-18-28(37)19-15-25)39-34(43)27-8-5-4-6-9-27/h4-21,24H,1-3H3,(H,38,44)(H,39,43)(H,40,41,42)/b31-20-. The monoisotopic (exact) mass is 650 g/mol. The molecule has 0 bridgehead atoms. The van der Waals surface area contributed by atoms with Crippen LogP contribution >= 0.6 is 23.1 Å². The topological polar surface area (TPSA) is 100 Å². The van der Waals surface area contributed by atoms with Gasteiger partial charge in [-0.3, -0.25) is 14.4 Å². The van der Waals surface area contributed by atoms with Gasteiger partial charge in [0.15, 0.2) is 5.13 Å². The van der Waals surface area contributed by atoms with Crippen LogP contribution in [0.15, 0.2) is 114 Å². The molecule has 1 heterocycles. The van der Waals surface area contributed by atoms with E-state index in [1.165, 1.54) is 53.4 Å². The highest BCUT2D eigenvalue weighted by atomic mass is 32.2. The largest absolute Gasteiger partial charge is 0.321 e. The van der Waals surface area contributed by atoms with E-state index in [2.05, 4.69) is 20.9 Å². The van der Waals surface area contributed by atoms with Crippen LogP contribution in [0, 0.1) is 19.7 Å². The van der Waals surface area contributed by atoms with Crippen molar-refractivity contribution in [3.63, 3.8) is 0 Å². The number of aromatic nitrogens is 1. The van der Waals surface area contributed by atoms with Crippen molar-refractivity contribution in [1.29, 1.82) is 0 Å². The lowest BCUT2D eigenvalue weighted by Gasteiger charge is -2.13. The quantitative estimate of drug-likeness (QED) is 0.105. The van der Waals surface area contributed by atoms with Crippen molar-refractivity contribution in [2.45, 2.75) is 30.9 Å². The number of carbonyl (C=O) groups excluding carboxylic acids is 3. The fraction of sp³-hybridized carbons (Fsp3) is 0.111. The first-order chi connectivity index (χ1) is 22.1. The number of benzene rings is 4. The molecule has 232 valence electrons. The Morgan fingerprint density at radius 2 is 1.59 bits per heavy atom. The molecule has 1 aromatic heterocycles. The Kier molecular flexibility index (Phi) is 10.4. The third-order valence-corrected chi connectivity index (χ3v) is 8.82. The molecule has 4 aromatic carbocycles. The summed E-state index contributed by atoms with van der Waals surface area (Å²) >= 11 is 2.76. The molecular weight excluding hydrogens is 620 g/mol. The van der Waals surface area contributed by atoms with Crippen LogP contribution < -0.4 is 16.0 Å². The van der Waals surface area contributed by atoms with Crippen LogP contribution in [0.3, 0.4) is 0 Å². The van der Waals surface area contributed by atoms with Crippen molar-refractivity contribution >= 4 is 57.7 Å². The summed E-state index contributed by atoms with van der Waals surface area (Å²) in [6.07, 6.45) is 1.48. The Morgan fingerprint density at radius 1 is 0.870 bits per heavy atom. The van der Waals surface area contributed by atoms with Gasteiger partial charge in [-0.1, -0.05) is 66.2 Å².